The predicted octanol–water partition coefficient (Wildman–Crippen LogP) is 3.55. The molecular formula is C26H28F2N6O2. The molecule has 3 aromatic heterocycles. The first-order chi connectivity index (χ1) is 17.4. The van der Waals surface area contributed by atoms with Crippen molar-refractivity contribution in [1.29, 1.82) is 0 Å². The highest BCUT2D eigenvalue weighted by atomic mass is 19.1. The molecule has 3 heterocycles. The number of rotatable bonds is 6. The van der Waals surface area contributed by atoms with Gasteiger partial charge in [-0.1, -0.05) is 6.92 Å². The van der Waals surface area contributed by atoms with Gasteiger partial charge in [0.2, 0.25) is 5.95 Å². The summed E-state index contributed by atoms with van der Waals surface area (Å²) in [5.74, 6) is -0.949. The Morgan fingerprint density at radius 1 is 1.14 bits per heavy atom. The summed E-state index contributed by atoms with van der Waals surface area (Å²) in [6.45, 7) is 1.79. The molecule has 4 unspecified atom stereocenters. The van der Waals surface area contributed by atoms with E-state index >= 15 is 0 Å². The Kier molecular flexibility index (Phi) is 6.65. The van der Waals surface area contributed by atoms with E-state index in [1.54, 1.807) is 30.7 Å². The van der Waals surface area contributed by atoms with E-state index in [0.717, 1.165) is 17.7 Å². The second kappa shape index (κ2) is 9.88. The smallest absolute Gasteiger partial charge is 0.229 e. The van der Waals surface area contributed by atoms with Crippen molar-refractivity contribution in [2.24, 2.45) is 11.7 Å². The molecule has 8 nitrogen and oxygen atoms in total. The van der Waals surface area contributed by atoms with Crippen molar-refractivity contribution in [2.45, 2.75) is 44.2 Å². The molecule has 0 bridgehead atoms. The first-order valence-corrected chi connectivity index (χ1v) is 11.9. The van der Waals surface area contributed by atoms with Crippen LogP contribution in [0.2, 0.25) is 0 Å². The summed E-state index contributed by atoms with van der Waals surface area (Å²) in [6.07, 6.45) is 6.07. The zero-order valence-corrected chi connectivity index (χ0v) is 19.8. The largest absolute Gasteiger partial charge is 0.396 e. The van der Waals surface area contributed by atoms with Crippen molar-refractivity contribution in [3.63, 3.8) is 0 Å². The molecule has 1 fully saturated rings. The highest BCUT2D eigenvalue weighted by Gasteiger charge is 2.34. The van der Waals surface area contributed by atoms with Crippen molar-refractivity contribution in [1.82, 2.24) is 19.6 Å². The molecule has 0 radical (unpaired) electrons. The molecule has 1 aliphatic rings. The maximum Gasteiger partial charge on any atom is 0.229 e. The van der Waals surface area contributed by atoms with E-state index in [9.17, 15) is 13.9 Å². The Bertz CT molecular complexity index is 1360. The van der Waals surface area contributed by atoms with Crippen LogP contribution in [0.1, 0.15) is 36.8 Å². The standard InChI is InChI=1S/C26H28F2N6O2/c1-14-8-16(11-21(29)25(14)36)18-4-6-30-13-23(18)32-26-31-12-17-2-3-22(33-34(17)26)24-19(27)9-15(5-7-35)10-20(24)28/h2-4,6,9-10,12-14,16,21,25,35-36H,5,7-8,11,29H2,1H3,(H,31,32). The van der Waals surface area contributed by atoms with E-state index in [-0.39, 0.29) is 42.2 Å². The predicted molar refractivity (Wildman–Crippen MR) is 132 cm³/mol. The van der Waals surface area contributed by atoms with Gasteiger partial charge in [0, 0.05) is 18.8 Å². The highest BCUT2D eigenvalue weighted by Crippen LogP contribution is 2.39. The lowest BCUT2D eigenvalue weighted by Gasteiger charge is -2.36. The molecule has 5 N–H and O–H groups in total. The van der Waals surface area contributed by atoms with Gasteiger partial charge in [-0.25, -0.2) is 13.8 Å². The Morgan fingerprint density at radius 2 is 1.92 bits per heavy atom. The topological polar surface area (TPSA) is 122 Å². The maximum absolute atomic E-state index is 14.8. The minimum atomic E-state index is -0.751. The highest BCUT2D eigenvalue weighted by molar-refractivity contribution is 5.66. The van der Waals surface area contributed by atoms with Crippen molar-refractivity contribution in [3.8, 4) is 11.3 Å². The number of nitrogens with one attached hydrogen (secondary N) is 1. The number of hydrogen-bond donors (Lipinski definition) is 4. The van der Waals surface area contributed by atoms with Gasteiger partial charge in [-0.2, -0.15) is 9.61 Å². The lowest BCUT2D eigenvalue weighted by Crippen LogP contribution is -2.44. The van der Waals surface area contributed by atoms with Gasteiger partial charge >= 0.3 is 0 Å². The zero-order chi connectivity index (χ0) is 25.4. The van der Waals surface area contributed by atoms with E-state index in [2.05, 4.69) is 20.4 Å². The molecule has 1 aromatic carbocycles. The Balaban J connectivity index is 1.49. The molecule has 0 spiro atoms. The Labute approximate surface area is 206 Å². The number of aliphatic hydroxyl groups is 2. The van der Waals surface area contributed by atoms with Gasteiger partial charge in [-0.15, -0.1) is 0 Å². The summed E-state index contributed by atoms with van der Waals surface area (Å²) in [6, 6.07) is 7.26. The van der Waals surface area contributed by atoms with E-state index in [1.807, 2.05) is 13.0 Å². The van der Waals surface area contributed by atoms with Crippen LogP contribution in [-0.4, -0.2) is 48.5 Å². The van der Waals surface area contributed by atoms with Gasteiger partial charge < -0.3 is 21.3 Å². The molecule has 5 rings (SSSR count). The summed E-state index contributed by atoms with van der Waals surface area (Å²) >= 11 is 0. The van der Waals surface area contributed by atoms with Gasteiger partial charge in [0.15, 0.2) is 0 Å². The molecule has 36 heavy (non-hydrogen) atoms. The van der Waals surface area contributed by atoms with Gasteiger partial charge in [0.1, 0.15) is 11.6 Å². The monoisotopic (exact) mass is 494 g/mol. The van der Waals surface area contributed by atoms with Crippen LogP contribution in [0.4, 0.5) is 20.4 Å². The number of aromatic nitrogens is 4. The third-order valence-corrected chi connectivity index (χ3v) is 6.92. The fourth-order valence-electron chi connectivity index (χ4n) is 5.06. The van der Waals surface area contributed by atoms with Gasteiger partial charge in [-0.05, 0) is 72.6 Å². The number of pyridine rings is 1. The molecule has 0 saturated heterocycles. The number of imidazole rings is 1. The van der Waals surface area contributed by atoms with E-state index < -0.39 is 17.7 Å². The molecule has 4 aromatic rings. The number of fused-ring (bicyclic) bond motifs is 1. The van der Waals surface area contributed by atoms with Crippen LogP contribution in [0.3, 0.4) is 0 Å². The second-order valence-corrected chi connectivity index (χ2v) is 9.43. The minimum Gasteiger partial charge on any atom is -0.396 e. The fraction of sp³-hybridized carbons (Fsp3) is 0.346. The molecule has 1 aliphatic carbocycles. The lowest BCUT2D eigenvalue weighted by molar-refractivity contribution is 0.0521. The molecule has 1 saturated carbocycles. The average Bonchev–Trinajstić information content (AvgIpc) is 3.24. The number of nitrogens with two attached hydrogens (primary N) is 1. The normalized spacial score (nSPS) is 22.2. The van der Waals surface area contributed by atoms with Crippen molar-refractivity contribution < 1.29 is 19.0 Å². The van der Waals surface area contributed by atoms with Crippen molar-refractivity contribution in [3.05, 3.63) is 71.7 Å². The maximum atomic E-state index is 14.8. The van der Waals surface area contributed by atoms with Crippen molar-refractivity contribution >= 4 is 17.2 Å². The fourth-order valence-corrected chi connectivity index (χ4v) is 5.06. The third-order valence-electron chi connectivity index (χ3n) is 6.92. The number of nitrogens with zero attached hydrogens (tertiary/aromatic N) is 4. The summed E-state index contributed by atoms with van der Waals surface area (Å²) in [5, 5.41) is 27.1. The molecule has 0 aliphatic heterocycles. The van der Waals surface area contributed by atoms with Crippen LogP contribution >= 0.6 is 0 Å². The number of halogens is 2. The number of benzene rings is 1. The quantitative estimate of drug-likeness (QED) is 0.323. The number of aliphatic hydroxyl groups excluding tert-OH is 2. The molecular weight excluding hydrogens is 466 g/mol. The first kappa shape index (κ1) is 24.2. The summed E-state index contributed by atoms with van der Waals surface area (Å²) in [7, 11) is 0. The molecule has 0 amide bonds. The van der Waals surface area contributed by atoms with Crippen molar-refractivity contribution in [2.75, 3.05) is 11.9 Å². The van der Waals surface area contributed by atoms with Crippen LogP contribution in [0, 0.1) is 17.6 Å². The SMILES string of the molecule is CC1CC(c2ccncc2Nc2ncc3ccc(-c4c(F)cc(CCO)cc4F)nn23)CC(N)C1O. The number of anilines is 2. The van der Waals surface area contributed by atoms with Crippen LogP contribution < -0.4 is 11.1 Å². The lowest BCUT2D eigenvalue weighted by atomic mass is 9.74. The van der Waals surface area contributed by atoms with E-state index in [0.29, 0.717) is 23.4 Å². The summed E-state index contributed by atoms with van der Waals surface area (Å²) < 4.78 is 31.1. The van der Waals surface area contributed by atoms with E-state index in [4.69, 9.17) is 10.8 Å². The van der Waals surface area contributed by atoms with E-state index in [1.165, 1.54) is 16.6 Å². The summed E-state index contributed by atoms with van der Waals surface area (Å²) in [5.41, 5.74) is 8.80. The van der Waals surface area contributed by atoms with Crippen LogP contribution in [-0.2, 0) is 6.42 Å². The van der Waals surface area contributed by atoms with Crippen LogP contribution in [0.15, 0.2) is 48.9 Å². The molecule has 4 atom stereocenters. The van der Waals surface area contributed by atoms with Gasteiger partial charge in [0.05, 0.1) is 41.0 Å². The van der Waals surface area contributed by atoms with Crippen LogP contribution in [0.5, 0.6) is 0 Å². The molecule has 10 heteroatoms. The Hall–Kier alpha value is -3.47. The first-order valence-electron chi connectivity index (χ1n) is 11.9. The summed E-state index contributed by atoms with van der Waals surface area (Å²) in [4.78, 5) is 8.67. The molecule has 188 valence electrons. The second-order valence-electron chi connectivity index (χ2n) is 9.43. The van der Waals surface area contributed by atoms with Crippen LogP contribution in [0.25, 0.3) is 16.8 Å². The van der Waals surface area contributed by atoms with Gasteiger partial charge in [0.25, 0.3) is 0 Å². The average molecular weight is 495 g/mol. The Morgan fingerprint density at radius 3 is 2.64 bits per heavy atom. The zero-order valence-electron chi connectivity index (χ0n) is 19.8. The minimum absolute atomic E-state index is 0.0600. The number of hydrogen-bond acceptors (Lipinski definition) is 7. The van der Waals surface area contributed by atoms with Gasteiger partial charge in [-0.3, -0.25) is 4.98 Å². The third kappa shape index (κ3) is 4.55.